The molecule has 1 heterocycles. The minimum Gasteiger partial charge on any atom is -0.493 e. The Morgan fingerprint density at radius 3 is 2.74 bits per heavy atom. The van der Waals surface area contributed by atoms with Gasteiger partial charge in [-0.1, -0.05) is 18.2 Å². The van der Waals surface area contributed by atoms with Crippen LogP contribution in [0.25, 0.3) is 6.08 Å². The molecular formula is C25H24N4O5. The predicted octanol–water partition coefficient (Wildman–Crippen LogP) is 3.72. The second-order valence-electron chi connectivity index (χ2n) is 7.00. The number of carbonyl (C=O) groups is 2. The monoisotopic (exact) mass is 460 g/mol. The van der Waals surface area contributed by atoms with Crippen LogP contribution < -0.4 is 20.1 Å². The summed E-state index contributed by atoms with van der Waals surface area (Å²) in [5, 5.41) is 14.5. The van der Waals surface area contributed by atoms with E-state index < -0.39 is 11.9 Å². The third-order valence-electron chi connectivity index (χ3n) is 4.70. The van der Waals surface area contributed by atoms with Crippen LogP contribution in [0.15, 0.2) is 64.8 Å². The van der Waals surface area contributed by atoms with Gasteiger partial charge in [0.2, 0.25) is 5.91 Å². The van der Waals surface area contributed by atoms with E-state index in [1.807, 2.05) is 24.3 Å². The number of hydrogen-bond acceptors (Lipinski definition) is 8. The fourth-order valence-corrected chi connectivity index (χ4v) is 3.19. The number of nitriles is 1. The van der Waals surface area contributed by atoms with E-state index in [-0.39, 0.29) is 24.6 Å². The van der Waals surface area contributed by atoms with Crippen LogP contribution in [-0.2, 0) is 14.3 Å². The Morgan fingerprint density at radius 1 is 1.21 bits per heavy atom. The molecule has 0 radical (unpaired) electrons. The molecule has 0 fully saturated rings. The van der Waals surface area contributed by atoms with Gasteiger partial charge in [0.1, 0.15) is 17.5 Å². The maximum absolute atomic E-state index is 12.7. The van der Waals surface area contributed by atoms with Gasteiger partial charge in [-0.3, -0.25) is 4.79 Å². The first-order chi connectivity index (χ1) is 16.5. The van der Waals surface area contributed by atoms with Gasteiger partial charge in [-0.15, -0.1) is 0 Å². The molecule has 34 heavy (non-hydrogen) atoms. The van der Waals surface area contributed by atoms with Crippen LogP contribution in [0.5, 0.6) is 11.5 Å². The number of hydrogen-bond donors (Lipinski definition) is 2. The summed E-state index contributed by atoms with van der Waals surface area (Å²) in [5.41, 5.74) is 2.58. The Bertz CT molecular complexity index is 1220. The van der Waals surface area contributed by atoms with E-state index in [1.165, 1.54) is 13.2 Å². The molecule has 0 atom stereocenters. The van der Waals surface area contributed by atoms with E-state index in [0.717, 1.165) is 0 Å². The highest BCUT2D eigenvalue weighted by Gasteiger charge is 2.25. The number of anilines is 1. The van der Waals surface area contributed by atoms with Crippen molar-refractivity contribution in [2.45, 2.75) is 13.8 Å². The minimum atomic E-state index is -0.596. The zero-order valence-corrected chi connectivity index (χ0v) is 19.0. The lowest BCUT2D eigenvalue weighted by Gasteiger charge is -2.12. The SMILES string of the molecule is CCOC(=O)C1=C(C)Nc2ccccc2N=C1NC(=O)/C=C/c1ccc(OCC#N)c(OC)c1. The van der Waals surface area contributed by atoms with Gasteiger partial charge in [0.15, 0.2) is 18.1 Å². The van der Waals surface area contributed by atoms with Crippen LogP contribution in [-0.4, -0.2) is 38.0 Å². The molecule has 9 nitrogen and oxygen atoms in total. The standard InChI is InChI=1S/C25H24N4O5/c1-4-33-25(31)23-16(2)27-18-7-5-6-8-19(18)28-24(23)29-22(30)12-10-17-9-11-20(34-14-13-26)21(15-17)32-3/h5-12,15,27H,4,14H2,1-3H3,(H,28,29,30)/b12-10+. The number of benzene rings is 2. The van der Waals surface area contributed by atoms with Crippen molar-refractivity contribution < 1.29 is 23.8 Å². The molecule has 2 aromatic carbocycles. The molecule has 9 heteroatoms. The van der Waals surface area contributed by atoms with Gasteiger partial charge in [-0.25, -0.2) is 9.79 Å². The average molecular weight is 460 g/mol. The maximum Gasteiger partial charge on any atom is 0.343 e. The quantitative estimate of drug-likeness (QED) is 0.477. The number of methoxy groups -OCH3 is 1. The van der Waals surface area contributed by atoms with Crippen molar-refractivity contribution in [3.8, 4) is 17.6 Å². The number of carbonyl (C=O) groups excluding carboxylic acids is 2. The first-order valence-electron chi connectivity index (χ1n) is 10.5. The molecule has 2 aromatic rings. The van der Waals surface area contributed by atoms with Crippen molar-refractivity contribution in [2.24, 2.45) is 4.99 Å². The maximum atomic E-state index is 12.7. The summed E-state index contributed by atoms with van der Waals surface area (Å²) in [5.74, 6) is -0.153. The Labute approximate surface area is 197 Å². The molecule has 0 saturated carbocycles. The number of esters is 1. The molecule has 0 aromatic heterocycles. The molecule has 174 valence electrons. The zero-order chi connectivity index (χ0) is 24.5. The number of amides is 1. The molecule has 0 saturated heterocycles. The third-order valence-corrected chi connectivity index (χ3v) is 4.70. The fourth-order valence-electron chi connectivity index (χ4n) is 3.19. The average Bonchev–Trinajstić information content (AvgIpc) is 2.96. The summed E-state index contributed by atoms with van der Waals surface area (Å²) in [6.45, 7) is 3.49. The van der Waals surface area contributed by atoms with Crippen molar-refractivity contribution in [3.05, 3.63) is 65.4 Å². The van der Waals surface area contributed by atoms with Crippen molar-refractivity contribution in [3.63, 3.8) is 0 Å². The number of ether oxygens (including phenoxy) is 3. The second-order valence-corrected chi connectivity index (χ2v) is 7.00. The first kappa shape index (κ1) is 24.1. The van der Waals surface area contributed by atoms with E-state index in [1.54, 1.807) is 44.2 Å². The molecule has 1 aliphatic heterocycles. The topological polar surface area (TPSA) is 122 Å². The predicted molar refractivity (Wildman–Crippen MR) is 128 cm³/mol. The summed E-state index contributed by atoms with van der Waals surface area (Å²) < 4.78 is 15.8. The van der Waals surface area contributed by atoms with Gasteiger partial charge >= 0.3 is 5.97 Å². The number of para-hydroxylation sites is 2. The minimum absolute atomic E-state index is 0.0841. The number of aliphatic imine (C=N–C) groups is 1. The lowest BCUT2D eigenvalue weighted by molar-refractivity contribution is -0.137. The Hall–Kier alpha value is -4.58. The van der Waals surface area contributed by atoms with Gasteiger partial charge in [0.25, 0.3) is 0 Å². The number of allylic oxidation sites excluding steroid dienone is 1. The lowest BCUT2D eigenvalue weighted by atomic mass is 10.1. The second kappa shape index (κ2) is 11.3. The Morgan fingerprint density at radius 2 is 2.00 bits per heavy atom. The van der Waals surface area contributed by atoms with Crippen LogP contribution in [0.2, 0.25) is 0 Å². The Kier molecular flexibility index (Phi) is 8.02. The van der Waals surface area contributed by atoms with Gasteiger partial charge in [-0.2, -0.15) is 5.26 Å². The van der Waals surface area contributed by atoms with Crippen molar-refractivity contribution >= 4 is 35.2 Å². The van der Waals surface area contributed by atoms with Gasteiger partial charge < -0.3 is 24.8 Å². The molecule has 2 N–H and O–H groups in total. The van der Waals surface area contributed by atoms with Crippen molar-refractivity contribution in [2.75, 3.05) is 25.6 Å². The van der Waals surface area contributed by atoms with Crippen LogP contribution in [0, 0.1) is 11.3 Å². The number of fused-ring (bicyclic) bond motifs is 1. The van der Waals surface area contributed by atoms with E-state index in [9.17, 15) is 9.59 Å². The third kappa shape index (κ3) is 5.81. The smallest absolute Gasteiger partial charge is 0.343 e. The number of nitrogens with one attached hydrogen (secondary N) is 2. The summed E-state index contributed by atoms with van der Waals surface area (Å²) in [6, 6.07) is 14.2. The molecule has 3 rings (SSSR count). The highest BCUT2D eigenvalue weighted by molar-refractivity contribution is 6.25. The van der Waals surface area contributed by atoms with Crippen molar-refractivity contribution in [1.29, 1.82) is 5.26 Å². The van der Waals surface area contributed by atoms with Crippen LogP contribution >= 0.6 is 0 Å². The van der Waals surface area contributed by atoms with Crippen molar-refractivity contribution in [1.82, 2.24) is 5.32 Å². The summed E-state index contributed by atoms with van der Waals surface area (Å²) in [7, 11) is 1.48. The van der Waals surface area contributed by atoms with E-state index in [2.05, 4.69) is 15.6 Å². The van der Waals surface area contributed by atoms with E-state index >= 15 is 0 Å². The highest BCUT2D eigenvalue weighted by Crippen LogP contribution is 2.30. The van der Waals surface area contributed by atoms with Crippen LogP contribution in [0.3, 0.4) is 0 Å². The summed E-state index contributed by atoms with van der Waals surface area (Å²) in [6.07, 6.45) is 2.89. The molecule has 1 aliphatic rings. The molecule has 0 aliphatic carbocycles. The molecule has 0 unspecified atom stereocenters. The van der Waals surface area contributed by atoms with Crippen LogP contribution in [0.4, 0.5) is 11.4 Å². The fraction of sp³-hybridized carbons (Fsp3) is 0.200. The summed E-state index contributed by atoms with van der Waals surface area (Å²) in [4.78, 5) is 29.9. The summed E-state index contributed by atoms with van der Waals surface area (Å²) >= 11 is 0. The van der Waals surface area contributed by atoms with E-state index in [0.29, 0.717) is 34.1 Å². The van der Waals surface area contributed by atoms with Gasteiger partial charge in [0.05, 0.1) is 25.1 Å². The molecule has 1 amide bonds. The number of amidine groups is 1. The van der Waals surface area contributed by atoms with Crippen LogP contribution in [0.1, 0.15) is 19.4 Å². The van der Waals surface area contributed by atoms with Gasteiger partial charge in [-0.05, 0) is 49.8 Å². The lowest BCUT2D eigenvalue weighted by Crippen LogP contribution is -2.34. The largest absolute Gasteiger partial charge is 0.493 e. The Balaban J connectivity index is 1.86. The molecule has 0 spiro atoms. The normalized spacial score (nSPS) is 12.6. The van der Waals surface area contributed by atoms with Gasteiger partial charge in [0, 0.05) is 11.8 Å². The number of rotatable bonds is 7. The van der Waals surface area contributed by atoms with E-state index in [4.69, 9.17) is 19.5 Å². The first-order valence-corrected chi connectivity index (χ1v) is 10.5. The zero-order valence-electron chi connectivity index (χ0n) is 19.0. The molecular weight excluding hydrogens is 436 g/mol. The number of nitrogens with zero attached hydrogens (tertiary/aromatic N) is 2. The molecule has 0 bridgehead atoms. The highest BCUT2D eigenvalue weighted by atomic mass is 16.5.